The van der Waals surface area contributed by atoms with Crippen LogP contribution in [0.2, 0.25) is 0 Å². The van der Waals surface area contributed by atoms with Crippen molar-refractivity contribution in [1.82, 2.24) is 4.57 Å². The summed E-state index contributed by atoms with van der Waals surface area (Å²) in [5, 5.41) is 13.3. The first kappa shape index (κ1) is 24.5. The Kier molecular flexibility index (Phi) is 6.87. The first-order chi connectivity index (χ1) is 18.0. The molecule has 1 aromatic heterocycles. The second-order valence-electron chi connectivity index (χ2n) is 9.64. The summed E-state index contributed by atoms with van der Waals surface area (Å²) in [4.78, 5) is 12.1. The van der Waals surface area contributed by atoms with E-state index in [0.717, 1.165) is 51.9 Å². The predicted octanol–water partition coefficient (Wildman–Crippen LogP) is 7.93. The van der Waals surface area contributed by atoms with Crippen LogP contribution in [0.5, 0.6) is 5.75 Å². The number of rotatable bonds is 7. The van der Waals surface area contributed by atoms with Gasteiger partial charge in [0.05, 0.1) is 35.6 Å². The van der Waals surface area contributed by atoms with E-state index in [2.05, 4.69) is 28.1 Å². The second kappa shape index (κ2) is 10.4. The lowest BCUT2D eigenvalue weighted by atomic mass is 9.91. The van der Waals surface area contributed by atoms with E-state index in [1.54, 1.807) is 0 Å². The Labute approximate surface area is 217 Å². The lowest BCUT2D eigenvalue weighted by Gasteiger charge is -2.30. The maximum atomic E-state index is 12.1. The van der Waals surface area contributed by atoms with Gasteiger partial charge in [0.25, 0.3) is 0 Å². The van der Waals surface area contributed by atoms with E-state index in [9.17, 15) is 10.1 Å². The van der Waals surface area contributed by atoms with E-state index in [1.165, 1.54) is 6.42 Å². The van der Waals surface area contributed by atoms with Crippen LogP contribution >= 0.6 is 0 Å². The van der Waals surface area contributed by atoms with E-state index in [1.807, 2.05) is 75.4 Å². The molecule has 6 heteroatoms. The molecule has 188 valence electrons. The van der Waals surface area contributed by atoms with Crippen LogP contribution in [-0.4, -0.2) is 23.4 Å². The molecule has 3 aromatic carbocycles. The average molecular weight is 494 g/mol. The summed E-state index contributed by atoms with van der Waals surface area (Å²) in [6.45, 7) is 6.25. The van der Waals surface area contributed by atoms with Gasteiger partial charge in [0, 0.05) is 28.7 Å². The Morgan fingerprint density at radius 3 is 2.35 bits per heavy atom. The van der Waals surface area contributed by atoms with Crippen LogP contribution in [0.25, 0.3) is 33.3 Å². The number of hydrogen-bond acceptors (Lipinski definition) is 4. The SMILES string of the molecule is CCOc1ccc2c(-c3ccc(C#N)cc3)c(-c3ccc(NC(=O)OC(C)C)cc3)n(C3CCC3)c2c1. The van der Waals surface area contributed by atoms with Gasteiger partial charge < -0.3 is 14.0 Å². The fourth-order valence-electron chi connectivity index (χ4n) is 4.93. The molecule has 1 N–H and O–H groups in total. The van der Waals surface area contributed by atoms with Gasteiger partial charge in [0.15, 0.2) is 0 Å². The largest absolute Gasteiger partial charge is 0.494 e. The lowest BCUT2D eigenvalue weighted by molar-refractivity contribution is 0.130. The van der Waals surface area contributed by atoms with E-state index >= 15 is 0 Å². The van der Waals surface area contributed by atoms with E-state index in [4.69, 9.17) is 9.47 Å². The number of nitrogens with zero attached hydrogens (tertiary/aromatic N) is 2. The molecule has 1 fully saturated rings. The molecule has 4 aromatic rings. The molecule has 0 unspecified atom stereocenters. The van der Waals surface area contributed by atoms with Gasteiger partial charge in [-0.1, -0.05) is 24.3 Å². The quantitative estimate of drug-likeness (QED) is 0.284. The van der Waals surface area contributed by atoms with Gasteiger partial charge in [0.2, 0.25) is 0 Å². The molecule has 0 spiro atoms. The highest BCUT2D eigenvalue weighted by Crippen LogP contribution is 2.47. The number of hydrogen-bond donors (Lipinski definition) is 1. The molecule has 0 bridgehead atoms. The van der Waals surface area contributed by atoms with Crippen LogP contribution in [-0.2, 0) is 4.74 Å². The molecule has 1 aliphatic rings. The fraction of sp³-hybridized carbons (Fsp3) is 0.290. The van der Waals surface area contributed by atoms with Crippen molar-refractivity contribution in [2.24, 2.45) is 0 Å². The fourth-order valence-corrected chi connectivity index (χ4v) is 4.93. The summed E-state index contributed by atoms with van der Waals surface area (Å²) in [5.41, 5.74) is 6.85. The molecular weight excluding hydrogens is 462 g/mol. The monoisotopic (exact) mass is 493 g/mol. The summed E-state index contributed by atoms with van der Waals surface area (Å²) in [6.07, 6.45) is 2.82. The molecule has 6 nitrogen and oxygen atoms in total. The summed E-state index contributed by atoms with van der Waals surface area (Å²) in [7, 11) is 0. The van der Waals surface area contributed by atoms with Gasteiger partial charge in [-0.25, -0.2) is 4.79 Å². The minimum absolute atomic E-state index is 0.186. The molecule has 5 rings (SSSR count). The highest BCUT2D eigenvalue weighted by molar-refractivity contribution is 6.05. The molecule has 0 radical (unpaired) electrons. The summed E-state index contributed by atoms with van der Waals surface area (Å²) in [5.74, 6) is 0.856. The maximum absolute atomic E-state index is 12.1. The summed E-state index contributed by atoms with van der Waals surface area (Å²) in [6, 6.07) is 24.6. The third-order valence-electron chi connectivity index (χ3n) is 6.78. The number of anilines is 1. The van der Waals surface area contributed by atoms with Crippen LogP contribution in [0.1, 0.15) is 51.6 Å². The molecule has 0 atom stereocenters. The van der Waals surface area contributed by atoms with E-state index < -0.39 is 6.09 Å². The van der Waals surface area contributed by atoms with Crippen LogP contribution in [0, 0.1) is 11.3 Å². The number of amides is 1. The number of nitrogens with one attached hydrogen (secondary N) is 1. The van der Waals surface area contributed by atoms with E-state index in [0.29, 0.717) is 23.9 Å². The Morgan fingerprint density at radius 1 is 1.05 bits per heavy atom. The molecule has 37 heavy (non-hydrogen) atoms. The first-order valence-corrected chi connectivity index (χ1v) is 12.9. The van der Waals surface area contributed by atoms with Crippen molar-refractivity contribution < 1.29 is 14.3 Å². The molecule has 0 aliphatic heterocycles. The van der Waals surface area contributed by atoms with Gasteiger partial charge in [-0.05, 0) is 87.6 Å². The van der Waals surface area contributed by atoms with Gasteiger partial charge >= 0.3 is 6.09 Å². The number of fused-ring (bicyclic) bond motifs is 1. The minimum Gasteiger partial charge on any atom is -0.494 e. The van der Waals surface area contributed by atoms with Crippen molar-refractivity contribution in [3.8, 4) is 34.2 Å². The summed E-state index contributed by atoms with van der Waals surface area (Å²) < 4.78 is 13.6. The van der Waals surface area contributed by atoms with Crippen molar-refractivity contribution in [2.45, 2.75) is 52.2 Å². The van der Waals surface area contributed by atoms with Gasteiger partial charge in [-0.3, -0.25) is 5.32 Å². The zero-order chi connectivity index (χ0) is 25.9. The van der Waals surface area contributed by atoms with Crippen molar-refractivity contribution in [1.29, 1.82) is 5.26 Å². The molecule has 1 heterocycles. The van der Waals surface area contributed by atoms with Crippen molar-refractivity contribution in [3.63, 3.8) is 0 Å². The number of carbonyl (C=O) groups excluding carboxylic acids is 1. The molecule has 0 saturated heterocycles. The van der Waals surface area contributed by atoms with Crippen molar-refractivity contribution in [2.75, 3.05) is 11.9 Å². The number of ether oxygens (including phenoxy) is 2. The third kappa shape index (κ3) is 4.90. The zero-order valence-electron chi connectivity index (χ0n) is 21.5. The Morgan fingerprint density at radius 2 is 1.76 bits per heavy atom. The number of aromatic nitrogens is 1. The average Bonchev–Trinajstić information content (AvgIpc) is 3.17. The van der Waals surface area contributed by atoms with E-state index in [-0.39, 0.29) is 6.10 Å². The predicted molar refractivity (Wildman–Crippen MR) is 147 cm³/mol. The third-order valence-corrected chi connectivity index (χ3v) is 6.78. The molecular formula is C31H31N3O3. The summed E-state index contributed by atoms with van der Waals surface area (Å²) >= 11 is 0. The van der Waals surface area contributed by atoms with Crippen LogP contribution < -0.4 is 10.1 Å². The normalized spacial score (nSPS) is 13.3. The van der Waals surface area contributed by atoms with Crippen LogP contribution in [0.4, 0.5) is 10.5 Å². The zero-order valence-corrected chi connectivity index (χ0v) is 21.5. The van der Waals surface area contributed by atoms with Crippen LogP contribution in [0.15, 0.2) is 66.7 Å². The lowest BCUT2D eigenvalue weighted by Crippen LogP contribution is -2.18. The second-order valence-corrected chi connectivity index (χ2v) is 9.64. The first-order valence-electron chi connectivity index (χ1n) is 12.9. The maximum Gasteiger partial charge on any atom is 0.411 e. The number of carbonyl (C=O) groups is 1. The Bertz CT molecular complexity index is 1460. The highest BCUT2D eigenvalue weighted by atomic mass is 16.6. The number of benzene rings is 3. The standard InChI is InChI=1S/C31H31N3O3/c1-4-36-26-16-17-27-28(18-26)34(25-6-5-7-25)30(29(27)22-10-8-21(19-32)9-11-22)23-12-14-24(15-13-23)33-31(35)37-20(2)3/h8-18,20,25H,4-7H2,1-3H3,(H,33,35). The Hall–Kier alpha value is -4.24. The molecule has 1 aliphatic carbocycles. The molecule has 1 amide bonds. The highest BCUT2D eigenvalue weighted by Gasteiger charge is 2.28. The van der Waals surface area contributed by atoms with Gasteiger partial charge in [0.1, 0.15) is 5.75 Å². The van der Waals surface area contributed by atoms with Crippen LogP contribution in [0.3, 0.4) is 0 Å². The van der Waals surface area contributed by atoms with Gasteiger partial charge in [-0.15, -0.1) is 0 Å². The Balaban J connectivity index is 1.68. The van der Waals surface area contributed by atoms with Crippen molar-refractivity contribution in [3.05, 3.63) is 72.3 Å². The van der Waals surface area contributed by atoms with Gasteiger partial charge in [-0.2, -0.15) is 5.26 Å². The minimum atomic E-state index is -0.465. The van der Waals surface area contributed by atoms with Crippen molar-refractivity contribution >= 4 is 22.7 Å². The molecule has 1 saturated carbocycles. The smallest absolute Gasteiger partial charge is 0.411 e. The number of nitriles is 1. The topological polar surface area (TPSA) is 76.3 Å².